The van der Waals surface area contributed by atoms with Crippen LogP contribution in [0.4, 0.5) is 5.69 Å². The van der Waals surface area contributed by atoms with E-state index in [2.05, 4.69) is 4.74 Å². The van der Waals surface area contributed by atoms with Crippen molar-refractivity contribution in [2.45, 2.75) is 11.8 Å². The van der Waals surface area contributed by atoms with Crippen LogP contribution in [0.2, 0.25) is 0 Å². The second kappa shape index (κ2) is 6.37. The normalized spacial score (nSPS) is 11.0. The number of anilines is 1. The predicted octanol–water partition coefficient (Wildman–Crippen LogP) is 3.13. The zero-order valence-electron chi connectivity index (χ0n) is 12.0. The number of aryl methyl sites for hydroxylation is 1. The maximum absolute atomic E-state index is 12.5. The number of sulfonamides is 1. The second-order valence-electron chi connectivity index (χ2n) is 4.52. The van der Waals surface area contributed by atoms with E-state index in [0.717, 1.165) is 0 Å². The lowest BCUT2D eigenvalue weighted by Gasteiger charge is -2.17. The fourth-order valence-electron chi connectivity index (χ4n) is 1.90. The highest BCUT2D eigenvalue weighted by molar-refractivity contribution is 7.94. The van der Waals surface area contributed by atoms with Gasteiger partial charge in [0.15, 0.2) is 0 Å². The van der Waals surface area contributed by atoms with Crippen molar-refractivity contribution in [3.63, 3.8) is 0 Å². The third kappa shape index (κ3) is 3.08. The first-order chi connectivity index (χ1) is 10.4. The number of hydrogen-bond donors (Lipinski definition) is 0. The Labute approximate surface area is 134 Å². The quantitative estimate of drug-likeness (QED) is 0.634. The second-order valence-corrected chi connectivity index (χ2v) is 6.82. The summed E-state index contributed by atoms with van der Waals surface area (Å²) in [6.45, 7) is 1.69. The number of nitrogens with zero attached hydrogens (tertiary/aromatic N) is 1. The summed E-state index contributed by atoms with van der Waals surface area (Å²) in [6.07, 6.45) is 0. The van der Waals surface area contributed by atoms with Crippen molar-refractivity contribution in [2.24, 2.45) is 0 Å². The standard InChI is InChI=1S/C15H14ClNO4S/c1-11-5-3-4-6-14(11)22(19,20)17(16)13-9-7-12(8-10-13)15(18)21-2/h3-10H,1-2H3. The summed E-state index contributed by atoms with van der Waals surface area (Å²) in [5, 5.41) is 0. The van der Waals surface area contributed by atoms with Crippen LogP contribution < -0.4 is 3.82 Å². The molecule has 0 atom stereocenters. The first-order valence-electron chi connectivity index (χ1n) is 6.33. The summed E-state index contributed by atoms with van der Waals surface area (Å²) in [6, 6.07) is 12.3. The van der Waals surface area contributed by atoms with E-state index in [1.807, 2.05) is 0 Å². The number of esters is 1. The Morgan fingerprint density at radius 2 is 1.68 bits per heavy atom. The van der Waals surface area contributed by atoms with Crippen LogP contribution in [-0.4, -0.2) is 21.5 Å². The molecule has 116 valence electrons. The SMILES string of the molecule is COC(=O)c1ccc(N(Cl)S(=O)(=O)c2ccccc2C)cc1. The topological polar surface area (TPSA) is 63.7 Å². The summed E-state index contributed by atoms with van der Waals surface area (Å²) in [5.41, 5.74) is 1.14. The number of methoxy groups -OCH3 is 1. The molecule has 0 aliphatic carbocycles. The molecule has 0 N–H and O–H groups in total. The highest BCUT2D eigenvalue weighted by Crippen LogP contribution is 2.27. The summed E-state index contributed by atoms with van der Waals surface area (Å²) >= 11 is 6.00. The molecule has 7 heteroatoms. The van der Waals surface area contributed by atoms with Crippen LogP contribution in [0, 0.1) is 6.92 Å². The van der Waals surface area contributed by atoms with Crippen molar-refractivity contribution in [3.8, 4) is 0 Å². The average Bonchev–Trinajstić information content (AvgIpc) is 2.53. The fourth-order valence-corrected chi connectivity index (χ4v) is 3.54. The first kappa shape index (κ1) is 16.3. The monoisotopic (exact) mass is 339 g/mol. The lowest BCUT2D eigenvalue weighted by molar-refractivity contribution is 0.0601. The minimum absolute atomic E-state index is 0.127. The number of halogens is 1. The van der Waals surface area contributed by atoms with Gasteiger partial charge in [-0.3, -0.25) is 0 Å². The molecule has 0 unspecified atom stereocenters. The number of carbonyl (C=O) groups is 1. The number of ether oxygens (including phenoxy) is 1. The van der Waals surface area contributed by atoms with E-state index in [0.29, 0.717) is 15.0 Å². The molecule has 0 saturated heterocycles. The predicted molar refractivity (Wildman–Crippen MR) is 84.5 cm³/mol. The molecule has 0 aromatic heterocycles. The van der Waals surface area contributed by atoms with Gasteiger partial charge in [0, 0.05) is 11.8 Å². The third-order valence-electron chi connectivity index (χ3n) is 3.07. The Morgan fingerprint density at radius 3 is 2.23 bits per heavy atom. The number of benzene rings is 2. The first-order valence-corrected chi connectivity index (χ1v) is 8.11. The molecule has 0 spiro atoms. The van der Waals surface area contributed by atoms with Gasteiger partial charge in [0.25, 0.3) is 10.0 Å². The molecule has 0 radical (unpaired) electrons. The van der Waals surface area contributed by atoms with Gasteiger partial charge < -0.3 is 4.74 Å². The van der Waals surface area contributed by atoms with Crippen LogP contribution in [0.25, 0.3) is 0 Å². The summed E-state index contributed by atoms with van der Waals surface area (Å²) in [5.74, 6) is -0.505. The molecule has 0 aliphatic heterocycles. The molecule has 2 aromatic rings. The highest BCUT2D eigenvalue weighted by atomic mass is 35.5. The molecule has 0 saturated carbocycles. The lowest BCUT2D eigenvalue weighted by atomic mass is 10.2. The van der Waals surface area contributed by atoms with Crippen LogP contribution in [0.15, 0.2) is 53.4 Å². The van der Waals surface area contributed by atoms with E-state index in [4.69, 9.17) is 11.8 Å². The van der Waals surface area contributed by atoms with Gasteiger partial charge in [-0.25, -0.2) is 4.79 Å². The van der Waals surface area contributed by atoms with Gasteiger partial charge in [-0.1, -0.05) is 18.2 Å². The van der Waals surface area contributed by atoms with Crippen molar-refractivity contribution in [3.05, 3.63) is 59.7 Å². The van der Waals surface area contributed by atoms with Gasteiger partial charge in [0.05, 0.1) is 23.3 Å². The molecule has 0 heterocycles. The molecule has 22 heavy (non-hydrogen) atoms. The van der Waals surface area contributed by atoms with Crippen molar-refractivity contribution in [1.29, 1.82) is 0 Å². The Balaban J connectivity index is 2.37. The van der Waals surface area contributed by atoms with E-state index < -0.39 is 16.0 Å². The fraction of sp³-hybridized carbons (Fsp3) is 0.133. The maximum atomic E-state index is 12.5. The molecule has 2 rings (SSSR count). The van der Waals surface area contributed by atoms with Crippen molar-refractivity contribution >= 4 is 33.5 Å². The lowest BCUT2D eigenvalue weighted by Crippen LogP contribution is -2.22. The van der Waals surface area contributed by atoms with Crippen LogP contribution in [0.3, 0.4) is 0 Å². The van der Waals surface area contributed by atoms with E-state index >= 15 is 0 Å². The van der Waals surface area contributed by atoms with Gasteiger partial charge >= 0.3 is 5.97 Å². The molecule has 5 nitrogen and oxygen atoms in total. The van der Waals surface area contributed by atoms with Crippen LogP contribution in [-0.2, 0) is 14.8 Å². The smallest absolute Gasteiger partial charge is 0.337 e. The van der Waals surface area contributed by atoms with E-state index in [1.54, 1.807) is 25.1 Å². The largest absolute Gasteiger partial charge is 0.465 e. The van der Waals surface area contributed by atoms with Crippen molar-refractivity contribution in [2.75, 3.05) is 10.9 Å². The Bertz CT molecular complexity index is 787. The minimum atomic E-state index is -3.88. The molecule has 0 bridgehead atoms. The Hall–Kier alpha value is -2.05. The van der Waals surface area contributed by atoms with Crippen molar-refractivity contribution in [1.82, 2.24) is 0 Å². The third-order valence-corrected chi connectivity index (χ3v) is 5.46. The molecular formula is C15H14ClNO4S. The summed E-state index contributed by atoms with van der Waals surface area (Å²) in [4.78, 5) is 11.5. The molecule has 0 fully saturated rings. The van der Waals surface area contributed by atoms with Crippen LogP contribution >= 0.6 is 11.8 Å². The molecule has 0 aliphatic rings. The summed E-state index contributed by atoms with van der Waals surface area (Å²) < 4.78 is 30.3. The minimum Gasteiger partial charge on any atom is -0.465 e. The molecular weight excluding hydrogens is 326 g/mol. The van der Waals surface area contributed by atoms with Gasteiger partial charge in [-0.05, 0) is 42.8 Å². The number of hydrogen-bond acceptors (Lipinski definition) is 4. The van der Waals surface area contributed by atoms with Gasteiger partial charge in [0.2, 0.25) is 0 Å². The molecule has 2 aromatic carbocycles. The van der Waals surface area contributed by atoms with Crippen molar-refractivity contribution < 1.29 is 17.9 Å². The van der Waals surface area contributed by atoms with Gasteiger partial charge in [-0.15, -0.1) is 0 Å². The van der Waals surface area contributed by atoms with Crippen LogP contribution in [0.5, 0.6) is 0 Å². The zero-order valence-corrected chi connectivity index (χ0v) is 13.6. The zero-order chi connectivity index (χ0) is 16.3. The van der Waals surface area contributed by atoms with E-state index in [-0.39, 0.29) is 10.6 Å². The Kier molecular flexibility index (Phi) is 4.73. The summed E-state index contributed by atoms with van der Waals surface area (Å²) in [7, 11) is -2.61. The highest BCUT2D eigenvalue weighted by Gasteiger charge is 2.25. The van der Waals surface area contributed by atoms with E-state index in [1.165, 1.54) is 37.4 Å². The van der Waals surface area contributed by atoms with E-state index in [9.17, 15) is 13.2 Å². The average molecular weight is 340 g/mol. The van der Waals surface area contributed by atoms with Crippen LogP contribution in [0.1, 0.15) is 15.9 Å². The van der Waals surface area contributed by atoms with Gasteiger partial charge in [-0.2, -0.15) is 12.2 Å². The van der Waals surface area contributed by atoms with Gasteiger partial charge in [0.1, 0.15) is 0 Å². The molecule has 0 amide bonds. The Morgan fingerprint density at radius 1 is 1.09 bits per heavy atom. The number of rotatable bonds is 4. The maximum Gasteiger partial charge on any atom is 0.337 e. The number of carbonyl (C=O) groups excluding carboxylic acids is 1.